The van der Waals surface area contributed by atoms with Gasteiger partial charge in [-0.05, 0) is 17.2 Å². The van der Waals surface area contributed by atoms with Gasteiger partial charge in [-0.3, -0.25) is 0 Å². The summed E-state index contributed by atoms with van der Waals surface area (Å²) in [6.07, 6.45) is 1.12. The van der Waals surface area contributed by atoms with Gasteiger partial charge in [0.2, 0.25) is 0 Å². The van der Waals surface area contributed by atoms with Crippen LogP contribution in [-0.4, -0.2) is 31.7 Å². The second kappa shape index (κ2) is 8.39. The van der Waals surface area contributed by atoms with Crippen LogP contribution in [0.25, 0.3) is 5.57 Å². The predicted molar refractivity (Wildman–Crippen MR) is 104 cm³/mol. The van der Waals surface area contributed by atoms with Gasteiger partial charge in [0.1, 0.15) is 24.3 Å². The normalized spacial score (nSPS) is 20.9. The Bertz CT molecular complexity index is 817. The standard InChI is InChI=1S/C22H25NO4/c1-25-15-27-22(21(24)17-11-7-4-8-12-17)14-18(23)13-19(26-2)20(22)16-9-5-3-6-10-16/h3-13,21,24H,14-15,23H2,1-2H3. The van der Waals surface area contributed by atoms with Crippen molar-refractivity contribution in [1.82, 2.24) is 0 Å². The van der Waals surface area contributed by atoms with E-state index in [0.717, 1.165) is 16.7 Å². The number of aliphatic hydroxyl groups is 1. The van der Waals surface area contributed by atoms with Gasteiger partial charge in [0.25, 0.3) is 0 Å². The molecule has 3 N–H and O–H groups in total. The highest BCUT2D eigenvalue weighted by molar-refractivity contribution is 5.78. The zero-order chi connectivity index (χ0) is 19.3. The molecule has 0 fully saturated rings. The number of hydrogen-bond acceptors (Lipinski definition) is 5. The highest BCUT2D eigenvalue weighted by Gasteiger charge is 2.48. The molecular formula is C22H25NO4. The molecule has 2 atom stereocenters. The summed E-state index contributed by atoms with van der Waals surface area (Å²) in [4.78, 5) is 0. The van der Waals surface area contributed by atoms with Crippen LogP contribution in [0.1, 0.15) is 23.7 Å². The topological polar surface area (TPSA) is 73.9 Å². The van der Waals surface area contributed by atoms with Gasteiger partial charge in [0.15, 0.2) is 0 Å². The van der Waals surface area contributed by atoms with E-state index in [2.05, 4.69) is 0 Å². The Morgan fingerprint density at radius 3 is 2.26 bits per heavy atom. The van der Waals surface area contributed by atoms with Crippen LogP contribution in [0, 0.1) is 0 Å². The highest BCUT2D eigenvalue weighted by atomic mass is 16.7. The Labute approximate surface area is 159 Å². The highest BCUT2D eigenvalue weighted by Crippen LogP contribution is 2.48. The van der Waals surface area contributed by atoms with E-state index in [4.69, 9.17) is 19.9 Å². The Kier molecular flexibility index (Phi) is 5.96. The van der Waals surface area contributed by atoms with Crippen molar-refractivity contribution >= 4 is 5.57 Å². The molecule has 5 heteroatoms. The van der Waals surface area contributed by atoms with Crippen molar-refractivity contribution in [2.75, 3.05) is 21.0 Å². The summed E-state index contributed by atoms with van der Waals surface area (Å²) in [5.41, 5.74) is 8.00. The van der Waals surface area contributed by atoms with Gasteiger partial charge in [0.05, 0.1) is 7.11 Å². The zero-order valence-electron chi connectivity index (χ0n) is 15.6. The van der Waals surface area contributed by atoms with Crippen LogP contribution in [0.2, 0.25) is 0 Å². The number of benzene rings is 2. The lowest BCUT2D eigenvalue weighted by molar-refractivity contribution is -0.150. The van der Waals surface area contributed by atoms with E-state index in [1.54, 1.807) is 20.3 Å². The molecule has 0 aromatic heterocycles. The minimum atomic E-state index is -1.15. The van der Waals surface area contributed by atoms with Crippen LogP contribution < -0.4 is 5.73 Å². The number of nitrogens with two attached hydrogens (primary N) is 1. The molecule has 0 aliphatic heterocycles. The maximum atomic E-state index is 11.4. The first kappa shape index (κ1) is 19.2. The largest absolute Gasteiger partial charge is 0.496 e. The van der Waals surface area contributed by atoms with Crippen LogP contribution >= 0.6 is 0 Å². The predicted octanol–water partition coefficient (Wildman–Crippen LogP) is 3.38. The van der Waals surface area contributed by atoms with Gasteiger partial charge < -0.3 is 25.1 Å². The lowest BCUT2D eigenvalue weighted by Crippen LogP contribution is -2.45. The van der Waals surface area contributed by atoms with Crippen molar-refractivity contribution in [3.8, 4) is 0 Å². The average Bonchev–Trinajstić information content (AvgIpc) is 2.72. The summed E-state index contributed by atoms with van der Waals surface area (Å²) in [5.74, 6) is 0.566. The Morgan fingerprint density at radius 1 is 1.04 bits per heavy atom. The summed E-state index contributed by atoms with van der Waals surface area (Å²) in [6.45, 7) is 0.00447. The van der Waals surface area contributed by atoms with Crippen molar-refractivity contribution in [2.24, 2.45) is 5.73 Å². The fraction of sp³-hybridized carbons (Fsp3) is 0.273. The van der Waals surface area contributed by atoms with Gasteiger partial charge in [-0.2, -0.15) is 0 Å². The van der Waals surface area contributed by atoms with E-state index in [0.29, 0.717) is 17.9 Å². The quantitative estimate of drug-likeness (QED) is 0.734. The van der Waals surface area contributed by atoms with Crippen LogP contribution in [0.4, 0.5) is 0 Å². The zero-order valence-corrected chi connectivity index (χ0v) is 15.6. The minimum absolute atomic E-state index is 0.00447. The van der Waals surface area contributed by atoms with E-state index in [-0.39, 0.29) is 6.79 Å². The first-order valence-electron chi connectivity index (χ1n) is 8.78. The molecule has 0 saturated heterocycles. The van der Waals surface area contributed by atoms with E-state index in [1.807, 2.05) is 60.7 Å². The third kappa shape index (κ3) is 3.76. The fourth-order valence-electron chi connectivity index (χ4n) is 3.55. The molecule has 0 bridgehead atoms. The molecule has 0 saturated carbocycles. The second-order valence-electron chi connectivity index (χ2n) is 6.46. The molecule has 0 heterocycles. The summed E-state index contributed by atoms with van der Waals surface area (Å²) >= 11 is 0. The summed E-state index contributed by atoms with van der Waals surface area (Å²) < 4.78 is 17.0. The van der Waals surface area contributed by atoms with Crippen molar-refractivity contribution < 1.29 is 19.3 Å². The van der Waals surface area contributed by atoms with Crippen LogP contribution in [-0.2, 0) is 14.2 Å². The molecule has 2 unspecified atom stereocenters. The van der Waals surface area contributed by atoms with E-state index in [9.17, 15) is 5.11 Å². The first-order chi connectivity index (χ1) is 13.1. The Morgan fingerprint density at radius 2 is 1.67 bits per heavy atom. The second-order valence-corrected chi connectivity index (χ2v) is 6.46. The summed E-state index contributed by atoms with van der Waals surface area (Å²) in [7, 11) is 3.14. The maximum absolute atomic E-state index is 11.4. The van der Waals surface area contributed by atoms with Gasteiger partial charge in [-0.25, -0.2) is 0 Å². The van der Waals surface area contributed by atoms with Crippen LogP contribution in [0.5, 0.6) is 0 Å². The third-order valence-corrected chi connectivity index (χ3v) is 4.73. The molecule has 0 radical (unpaired) electrons. The number of rotatable bonds is 7. The van der Waals surface area contributed by atoms with Crippen LogP contribution in [0.15, 0.2) is 78.2 Å². The van der Waals surface area contributed by atoms with Crippen molar-refractivity contribution in [3.05, 3.63) is 89.3 Å². The molecule has 142 valence electrons. The maximum Gasteiger partial charge on any atom is 0.147 e. The van der Waals surface area contributed by atoms with Gasteiger partial charge in [-0.15, -0.1) is 0 Å². The van der Waals surface area contributed by atoms with Crippen molar-refractivity contribution in [3.63, 3.8) is 0 Å². The van der Waals surface area contributed by atoms with Crippen molar-refractivity contribution in [1.29, 1.82) is 0 Å². The number of methoxy groups -OCH3 is 2. The molecule has 0 spiro atoms. The van der Waals surface area contributed by atoms with E-state index < -0.39 is 11.7 Å². The molecule has 2 aromatic carbocycles. The molecule has 1 aliphatic carbocycles. The number of aliphatic hydroxyl groups excluding tert-OH is 1. The molecule has 2 aromatic rings. The SMILES string of the molecule is COCOC1(C(O)c2ccccc2)CC(N)=CC(OC)=C1c1ccccc1. The average molecular weight is 367 g/mol. The van der Waals surface area contributed by atoms with Crippen LogP contribution in [0.3, 0.4) is 0 Å². The molecule has 27 heavy (non-hydrogen) atoms. The number of hydrogen-bond donors (Lipinski definition) is 2. The molecular weight excluding hydrogens is 342 g/mol. The molecule has 0 amide bonds. The number of allylic oxidation sites excluding steroid dienone is 1. The van der Waals surface area contributed by atoms with Crippen molar-refractivity contribution in [2.45, 2.75) is 18.1 Å². The monoisotopic (exact) mass is 367 g/mol. The van der Waals surface area contributed by atoms with E-state index >= 15 is 0 Å². The minimum Gasteiger partial charge on any atom is -0.496 e. The third-order valence-electron chi connectivity index (χ3n) is 4.73. The lowest BCUT2D eigenvalue weighted by atomic mass is 9.74. The Balaban J connectivity index is 2.23. The van der Waals surface area contributed by atoms with Gasteiger partial charge >= 0.3 is 0 Å². The Hall–Kier alpha value is -2.60. The van der Waals surface area contributed by atoms with E-state index in [1.165, 1.54) is 0 Å². The lowest BCUT2D eigenvalue weighted by Gasteiger charge is -2.42. The summed E-state index contributed by atoms with van der Waals surface area (Å²) in [5, 5.41) is 11.4. The smallest absolute Gasteiger partial charge is 0.147 e. The van der Waals surface area contributed by atoms with Gasteiger partial charge in [0, 0.05) is 24.8 Å². The fourth-order valence-corrected chi connectivity index (χ4v) is 3.55. The van der Waals surface area contributed by atoms with Gasteiger partial charge in [-0.1, -0.05) is 60.7 Å². The first-order valence-corrected chi connectivity index (χ1v) is 8.78. The molecule has 3 rings (SSSR count). The summed E-state index contributed by atoms with van der Waals surface area (Å²) in [6, 6.07) is 19.1. The number of ether oxygens (including phenoxy) is 3. The molecule has 5 nitrogen and oxygen atoms in total. The molecule has 1 aliphatic rings.